The van der Waals surface area contributed by atoms with E-state index in [1.807, 2.05) is 6.92 Å². The van der Waals surface area contributed by atoms with Crippen molar-refractivity contribution in [3.8, 4) is 0 Å². The maximum absolute atomic E-state index is 11.3. The Bertz CT molecular complexity index is 215. The van der Waals surface area contributed by atoms with Gasteiger partial charge in [0, 0.05) is 13.1 Å². The Morgan fingerprint density at radius 1 is 1.44 bits per heavy atom. The standard InChI is InChI=1S/C12H24N2O2/c1-10(2)7-14-12(15)8-13-5-6-16-9-11(3)4/h10,13H,3,5-9H2,1-2,4H3,(H,14,15). The van der Waals surface area contributed by atoms with Crippen molar-refractivity contribution in [1.29, 1.82) is 0 Å². The second kappa shape index (κ2) is 9.36. The first-order chi connectivity index (χ1) is 7.52. The van der Waals surface area contributed by atoms with Crippen molar-refractivity contribution in [3.05, 3.63) is 12.2 Å². The van der Waals surface area contributed by atoms with Crippen molar-refractivity contribution >= 4 is 5.91 Å². The van der Waals surface area contributed by atoms with Gasteiger partial charge in [0.25, 0.3) is 0 Å². The molecule has 0 unspecified atom stereocenters. The van der Waals surface area contributed by atoms with E-state index in [4.69, 9.17) is 4.74 Å². The Morgan fingerprint density at radius 3 is 2.69 bits per heavy atom. The van der Waals surface area contributed by atoms with Gasteiger partial charge < -0.3 is 15.4 Å². The van der Waals surface area contributed by atoms with Gasteiger partial charge in [-0.25, -0.2) is 0 Å². The molecular weight excluding hydrogens is 204 g/mol. The van der Waals surface area contributed by atoms with Crippen LogP contribution in [0.15, 0.2) is 12.2 Å². The summed E-state index contributed by atoms with van der Waals surface area (Å²) >= 11 is 0. The molecule has 4 nitrogen and oxygen atoms in total. The van der Waals surface area contributed by atoms with Crippen LogP contribution in [0.3, 0.4) is 0 Å². The van der Waals surface area contributed by atoms with Gasteiger partial charge in [-0.15, -0.1) is 0 Å². The zero-order chi connectivity index (χ0) is 12.4. The van der Waals surface area contributed by atoms with Crippen molar-refractivity contribution in [3.63, 3.8) is 0 Å². The fourth-order valence-electron chi connectivity index (χ4n) is 0.973. The molecule has 0 spiro atoms. The minimum Gasteiger partial charge on any atom is -0.376 e. The molecule has 0 heterocycles. The van der Waals surface area contributed by atoms with E-state index >= 15 is 0 Å². The Morgan fingerprint density at radius 2 is 2.12 bits per heavy atom. The molecule has 0 aliphatic heterocycles. The maximum atomic E-state index is 11.3. The van der Waals surface area contributed by atoms with Gasteiger partial charge in [-0.1, -0.05) is 26.0 Å². The van der Waals surface area contributed by atoms with E-state index in [-0.39, 0.29) is 5.91 Å². The molecule has 94 valence electrons. The molecule has 0 fully saturated rings. The molecule has 0 bridgehead atoms. The highest BCUT2D eigenvalue weighted by Crippen LogP contribution is 1.87. The number of hydrogen-bond donors (Lipinski definition) is 2. The summed E-state index contributed by atoms with van der Waals surface area (Å²) in [6.07, 6.45) is 0. The first kappa shape index (κ1) is 15.1. The summed E-state index contributed by atoms with van der Waals surface area (Å²) in [5.41, 5.74) is 1.01. The summed E-state index contributed by atoms with van der Waals surface area (Å²) in [7, 11) is 0. The molecule has 0 saturated heterocycles. The largest absolute Gasteiger partial charge is 0.376 e. The topological polar surface area (TPSA) is 50.4 Å². The summed E-state index contributed by atoms with van der Waals surface area (Å²) in [6, 6.07) is 0. The van der Waals surface area contributed by atoms with E-state index in [1.54, 1.807) is 0 Å². The summed E-state index contributed by atoms with van der Waals surface area (Å²) in [4.78, 5) is 11.3. The van der Waals surface area contributed by atoms with Gasteiger partial charge in [0.2, 0.25) is 5.91 Å². The Balaban J connectivity index is 3.24. The van der Waals surface area contributed by atoms with Crippen LogP contribution in [0.4, 0.5) is 0 Å². The van der Waals surface area contributed by atoms with Crippen LogP contribution in [0.2, 0.25) is 0 Å². The third kappa shape index (κ3) is 11.2. The summed E-state index contributed by atoms with van der Waals surface area (Å²) in [5, 5.41) is 5.85. The van der Waals surface area contributed by atoms with Crippen LogP contribution < -0.4 is 10.6 Å². The Kier molecular flexibility index (Phi) is 8.85. The van der Waals surface area contributed by atoms with Gasteiger partial charge in [-0.2, -0.15) is 0 Å². The number of carbonyl (C=O) groups excluding carboxylic acids is 1. The fraction of sp³-hybridized carbons (Fsp3) is 0.750. The SMILES string of the molecule is C=C(C)COCCNCC(=O)NCC(C)C. The van der Waals surface area contributed by atoms with E-state index in [1.165, 1.54) is 0 Å². The van der Waals surface area contributed by atoms with Gasteiger partial charge in [-0.05, 0) is 12.8 Å². The van der Waals surface area contributed by atoms with Crippen molar-refractivity contribution in [2.75, 3.05) is 32.8 Å². The van der Waals surface area contributed by atoms with E-state index in [0.29, 0.717) is 32.2 Å². The lowest BCUT2D eigenvalue weighted by Crippen LogP contribution is -2.36. The zero-order valence-corrected chi connectivity index (χ0v) is 10.6. The van der Waals surface area contributed by atoms with Gasteiger partial charge in [-0.3, -0.25) is 4.79 Å². The number of rotatable bonds is 9. The summed E-state index contributed by atoms with van der Waals surface area (Å²) < 4.78 is 5.28. The number of ether oxygens (including phenoxy) is 1. The molecule has 0 aromatic rings. The van der Waals surface area contributed by atoms with Crippen LogP contribution in [0.1, 0.15) is 20.8 Å². The van der Waals surface area contributed by atoms with Gasteiger partial charge in [0.15, 0.2) is 0 Å². The molecule has 0 saturated carbocycles. The quantitative estimate of drug-likeness (QED) is 0.456. The zero-order valence-electron chi connectivity index (χ0n) is 10.6. The third-order valence-electron chi connectivity index (χ3n) is 1.76. The van der Waals surface area contributed by atoms with Crippen LogP contribution >= 0.6 is 0 Å². The van der Waals surface area contributed by atoms with Crippen LogP contribution in [-0.2, 0) is 9.53 Å². The van der Waals surface area contributed by atoms with E-state index in [9.17, 15) is 4.79 Å². The predicted molar refractivity (Wildman–Crippen MR) is 66.4 cm³/mol. The molecule has 2 N–H and O–H groups in total. The number of hydrogen-bond acceptors (Lipinski definition) is 3. The maximum Gasteiger partial charge on any atom is 0.233 e. The molecule has 0 radical (unpaired) electrons. The second-order valence-corrected chi connectivity index (χ2v) is 4.38. The number of nitrogens with one attached hydrogen (secondary N) is 2. The van der Waals surface area contributed by atoms with Crippen molar-refractivity contribution in [1.82, 2.24) is 10.6 Å². The van der Waals surface area contributed by atoms with E-state index in [0.717, 1.165) is 12.1 Å². The molecule has 0 aliphatic rings. The molecule has 0 rings (SSSR count). The molecule has 16 heavy (non-hydrogen) atoms. The van der Waals surface area contributed by atoms with E-state index in [2.05, 4.69) is 31.1 Å². The fourth-order valence-corrected chi connectivity index (χ4v) is 0.973. The molecule has 0 aromatic heterocycles. The van der Waals surface area contributed by atoms with Crippen LogP contribution in [0.5, 0.6) is 0 Å². The highest BCUT2D eigenvalue weighted by Gasteiger charge is 2.00. The minimum atomic E-state index is 0.0357. The number of amides is 1. The van der Waals surface area contributed by atoms with Gasteiger partial charge >= 0.3 is 0 Å². The molecule has 1 amide bonds. The lowest BCUT2D eigenvalue weighted by molar-refractivity contribution is -0.120. The first-order valence-electron chi connectivity index (χ1n) is 5.72. The van der Waals surface area contributed by atoms with Crippen LogP contribution in [0.25, 0.3) is 0 Å². The summed E-state index contributed by atoms with van der Waals surface area (Å²) in [6.45, 7) is 12.7. The molecule has 4 heteroatoms. The molecular formula is C12H24N2O2. The van der Waals surface area contributed by atoms with Crippen LogP contribution in [-0.4, -0.2) is 38.8 Å². The van der Waals surface area contributed by atoms with Gasteiger partial charge in [0.05, 0.1) is 19.8 Å². The number of carbonyl (C=O) groups is 1. The lowest BCUT2D eigenvalue weighted by Gasteiger charge is -2.08. The predicted octanol–water partition coefficient (Wildman–Crippen LogP) is 0.941. The molecule has 0 aromatic carbocycles. The van der Waals surface area contributed by atoms with E-state index < -0.39 is 0 Å². The monoisotopic (exact) mass is 228 g/mol. The average molecular weight is 228 g/mol. The lowest BCUT2D eigenvalue weighted by atomic mass is 10.2. The third-order valence-corrected chi connectivity index (χ3v) is 1.76. The Labute approximate surface area is 98.4 Å². The second-order valence-electron chi connectivity index (χ2n) is 4.38. The average Bonchev–Trinajstić information content (AvgIpc) is 2.19. The van der Waals surface area contributed by atoms with Gasteiger partial charge in [0.1, 0.15) is 0 Å². The minimum absolute atomic E-state index is 0.0357. The molecule has 0 atom stereocenters. The highest BCUT2D eigenvalue weighted by atomic mass is 16.5. The first-order valence-corrected chi connectivity index (χ1v) is 5.72. The highest BCUT2D eigenvalue weighted by molar-refractivity contribution is 5.77. The normalized spacial score (nSPS) is 10.5. The van der Waals surface area contributed by atoms with Crippen molar-refractivity contribution < 1.29 is 9.53 Å². The summed E-state index contributed by atoms with van der Waals surface area (Å²) in [5.74, 6) is 0.524. The van der Waals surface area contributed by atoms with Crippen molar-refractivity contribution in [2.24, 2.45) is 5.92 Å². The smallest absolute Gasteiger partial charge is 0.233 e. The molecule has 0 aliphatic carbocycles. The van der Waals surface area contributed by atoms with Crippen LogP contribution in [0, 0.1) is 5.92 Å². The Hall–Kier alpha value is -0.870. The van der Waals surface area contributed by atoms with Crippen molar-refractivity contribution in [2.45, 2.75) is 20.8 Å².